The lowest BCUT2D eigenvalue weighted by Gasteiger charge is -2.48. The average molecular weight is 1170 g/mol. The van der Waals surface area contributed by atoms with E-state index >= 15 is 0 Å². The maximum atomic E-state index is 13.4. The molecule has 0 aromatic heterocycles. The summed E-state index contributed by atoms with van der Waals surface area (Å²) in [6, 6.07) is -0.993. The van der Waals surface area contributed by atoms with Gasteiger partial charge in [-0.1, -0.05) is 211 Å². The predicted octanol–water partition coefficient (Wildman–Crippen LogP) is 6.88. The van der Waals surface area contributed by atoms with Gasteiger partial charge in [-0.3, -0.25) is 4.79 Å². The van der Waals surface area contributed by atoms with Gasteiger partial charge in [-0.25, -0.2) is 0 Å². The molecule has 3 rings (SSSR count). The van der Waals surface area contributed by atoms with Gasteiger partial charge >= 0.3 is 0 Å². The monoisotopic (exact) mass is 1170 g/mol. The van der Waals surface area contributed by atoms with E-state index in [1.807, 2.05) is 6.08 Å². The lowest BCUT2D eigenvalue weighted by Crippen LogP contribution is -2.66. The number of hydrogen-bond acceptors (Lipinski definition) is 18. The van der Waals surface area contributed by atoms with E-state index in [-0.39, 0.29) is 18.9 Å². The van der Waals surface area contributed by atoms with E-state index in [0.29, 0.717) is 12.8 Å². The van der Waals surface area contributed by atoms with Gasteiger partial charge in [0.2, 0.25) is 5.91 Å². The van der Waals surface area contributed by atoms with Gasteiger partial charge in [0.15, 0.2) is 18.9 Å². The second-order valence-electron chi connectivity index (χ2n) is 23.2. The summed E-state index contributed by atoms with van der Waals surface area (Å²) in [6.07, 6.45) is 24.1. The van der Waals surface area contributed by atoms with E-state index in [1.165, 1.54) is 148 Å². The quantitative estimate of drug-likeness (QED) is 0.0218. The van der Waals surface area contributed by atoms with Crippen LogP contribution in [-0.4, -0.2) is 193 Å². The Kier molecular flexibility index (Phi) is 41.8. The fourth-order valence-electron chi connectivity index (χ4n) is 10.9. The number of rotatable bonds is 48. The molecule has 12 N–H and O–H groups in total. The predicted molar refractivity (Wildman–Crippen MR) is 314 cm³/mol. The summed E-state index contributed by atoms with van der Waals surface area (Å²) < 4.78 is 34.3. The molecule has 82 heavy (non-hydrogen) atoms. The van der Waals surface area contributed by atoms with Gasteiger partial charge in [-0.2, -0.15) is 0 Å². The number of ether oxygens (including phenoxy) is 6. The molecule has 1 amide bonds. The first-order chi connectivity index (χ1) is 39.8. The summed E-state index contributed by atoms with van der Waals surface area (Å²) in [5, 5.41) is 120. The summed E-state index contributed by atoms with van der Waals surface area (Å²) in [4.78, 5) is 13.4. The molecule has 19 nitrogen and oxygen atoms in total. The lowest BCUT2D eigenvalue weighted by atomic mass is 9.96. The minimum atomic E-state index is -1.98. The molecule has 480 valence electrons. The second-order valence-corrected chi connectivity index (χ2v) is 23.2. The highest BCUT2D eigenvalue weighted by molar-refractivity contribution is 5.76. The average Bonchev–Trinajstić information content (AvgIpc) is 3.26. The molecule has 3 aliphatic heterocycles. The van der Waals surface area contributed by atoms with Crippen LogP contribution in [0.4, 0.5) is 0 Å². The first kappa shape index (κ1) is 74.3. The van der Waals surface area contributed by atoms with E-state index in [0.717, 1.165) is 44.9 Å². The number of carbonyl (C=O) groups is 1. The van der Waals surface area contributed by atoms with E-state index in [2.05, 4.69) is 43.5 Å². The summed E-state index contributed by atoms with van der Waals surface area (Å²) in [5.74, 6) is -0.287. The van der Waals surface area contributed by atoms with Crippen LogP contribution in [0.15, 0.2) is 36.5 Å². The Labute approximate surface area is 491 Å². The van der Waals surface area contributed by atoms with Crippen molar-refractivity contribution in [1.29, 1.82) is 0 Å². The van der Waals surface area contributed by atoms with Gasteiger partial charge < -0.3 is 89.9 Å². The molecule has 3 heterocycles. The van der Waals surface area contributed by atoms with Crippen LogP contribution >= 0.6 is 0 Å². The van der Waals surface area contributed by atoms with Crippen LogP contribution in [0.5, 0.6) is 0 Å². The lowest BCUT2D eigenvalue weighted by molar-refractivity contribution is -0.379. The van der Waals surface area contributed by atoms with Crippen molar-refractivity contribution in [2.45, 2.75) is 330 Å². The number of hydrogen-bond donors (Lipinski definition) is 12. The normalized spacial score (nSPS) is 29.8. The standard InChI is InChI=1S/C63H115NO18/c1-3-5-7-9-11-13-15-17-19-20-21-22-23-24-25-27-29-31-33-35-37-39-41-51(69)64-46(47(68)40-38-36-34-32-30-28-26-18-16-14-12-10-8-6-4-2)45-77-61-57(75)54(72)59(49(43-66)79-61)82-63-58(76)55(73)60(50(44-67)80-63)81-62-56(74)53(71)52(70)48(42-65)78-62/h16,18,30,32,38,40,46-50,52-63,65-68,70-76H,3-15,17,19-29,31,33-37,39,41-45H2,1-2H3,(H,64,69)/b18-16+,32-30+,40-38+. The van der Waals surface area contributed by atoms with Crippen LogP contribution < -0.4 is 5.32 Å². The molecular formula is C63H115NO18. The van der Waals surface area contributed by atoms with Crippen molar-refractivity contribution < 1.29 is 89.4 Å². The van der Waals surface area contributed by atoms with Crippen molar-refractivity contribution in [1.82, 2.24) is 5.32 Å². The Bertz CT molecular complexity index is 1640. The highest BCUT2D eigenvalue weighted by Gasteiger charge is 2.53. The zero-order valence-corrected chi connectivity index (χ0v) is 50.2. The van der Waals surface area contributed by atoms with E-state index < -0.39 is 124 Å². The number of aliphatic hydroxyl groups excluding tert-OH is 11. The second kappa shape index (κ2) is 46.2. The van der Waals surface area contributed by atoms with Crippen molar-refractivity contribution in [2.24, 2.45) is 0 Å². The fourth-order valence-corrected chi connectivity index (χ4v) is 10.9. The highest BCUT2D eigenvalue weighted by Crippen LogP contribution is 2.33. The molecule has 0 aliphatic carbocycles. The van der Waals surface area contributed by atoms with Crippen LogP contribution in [0.2, 0.25) is 0 Å². The number of unbranched alkanes of at least 4 members (excludes halogenated alkanes) is 28. The van der Waals surface area contributed by atoms with E-state index in [4.69, 9.17) is 28.4 Å². The van der Waals surface area contributed by atoms with Crippen LogP contribution in [0.25, 0.3) is 0 Å². The minimum absolute atomic E-state index is 0.236. The zero-order chi connectivity index (χ0) is 59.7. The number of allylic oxidation sites excluding steroid dienone is 5. The molecule has 3 fully saturated rings. The molecule has 19 heteroatoms. The van der Waals surface area contributed by atoms with Crippen molar-refractivity contribution in [3.63, 3.8) is 0 Å². The Morgan fingerprint density at radius 3 is 1.22 bits per heavy atom. The Morgan fingerprint density at radius 1 is 0.427 bits per heavy atom. The molecule has 0 saturated carbocycles. The fraction of sp³-hybridized carbons (Fsp3) is 0.889. The number of amides is 1. The maximum Gasteiger partial charge on any atom is 0.220 e. The first-order valence-corrected chi connectivity index (χ1v) is 32.2. The molecule has 0 bridgehead atoms. The third kappa shape index (κ3) is 29.1. The molecule has 0 aromatic carbocycles. The van der Waals surface area contributed by atoms with Gasteiger partial charge in [0.05, 0.1) is 38.6 Å². The highest BCUT2D eigenvalue weighted by atomic mass is 16.8. The third-order valence-corrected chi connectivity index (χ3v) is 16.2. The Balaban J connectivity index is 1.47. The van der Waals surface area contributed by atoms with Crippen LogP contribution in [0.3, 0.4) is 0 Å². The van der Waals surface area contributed by atoms with Crippen molar-refractivity contribution in [2.75, 3.05) is 26.4 Å². The zero-order valence-electron chi connectivity index (χ0n) is 50.2. The van der Waals surface area contributed by atoms with Gasteiger partial charge in [-0.15, -0.1) is 0 Å². The molecule has 0 aromatic rings. The van der Waals surface area contributed by atoms with Gasteiger partial charge in [0.1, 0.15) is 73.2 Å². The first-order valence-electron chi connectivity index (χ1n) is 32.2. The number of carbonyl (C=O) groups excluding carboxylic acids is 1. The van der Waals surface area contributed by atoms with Gasteiger partial charge in [0, 0.05) is 6.42 Å². The Morgan fingerprint density at radius 2 is 0.780 bits per heavy atom. The van der Waals surface area contributed by atoms with Crippen molar-refractivity contribution in [3.05, 3.63) is 36.5 Å². The van der Waals surface area contributed by atoms with Gasteiger partial charge in [0.25, 0.3) is 0 Å². The van der Waals surface area contributed by atoms with Crippen molar-refractivity contribution >= 4 is 5.91 Å². The SMILES string of the molecule is CCCCCCC/C=C/CC/C=C/CC/C=C/C(O)C(COC1OC(CO)C(OC2OC(CO)C(OC3OC(CO)C(O)C(O)C3O)C(O)C2O)C(O)C1O)NC(=O)CCCCCCCCCCCCCCCCCCCCCCCC. The van der Waals surface area contributed by atoms with E-state index in [9.17, 15) is 61.0 Å². The Hall–Kier alpha value is -1.99. The largest absolute Gasteiger partial charge is 0.394 e. The smallest absolute Gasteiger partial charge is 0.220 e. The minimum Gasteiger partial charge on any atom is -0.394 e. The molecule has 0 radical (unpaired) electrons. The molecule has 3 aliphatic rings. The van der Waals surface area contributed by atoms with Crippen LogP contribution in [0.1, 0.15) is 226 Å². The summed E-state index contributed by atoms with van der Waals surface area (Å²) in [7, 11) is 0. The van der Waals surface area contributed by atoms with E-state index in [1.54, 1.807) is 6.08 Å². The third-order valence-electron chi connectivity index (χ3n) is 16.2. The maximum absolute atomic E-state index is 13.4. The van der Waals surface area contributed by atoms with Crippen LogP contribution in [0, 0.1) is 0 Å². The van der Waals surface area contributed by atoms with Gasteiger partial charge in [-0.05, 0) is 44.9 Å². The van der Waals surface area contributed by atoms with Crippen LogP contribution in [-0.2, 0) is 33.2 Å². The summed E-state index contributed by atoms with van der Waals surface area (Å²) in [6.45, 7) is 1.69. The topological polar surface area (TPSA) is 307 Å². The number of aliphatic hydroxyl groups is 11. The molecule has 3 saturated heterocycles. The molecular weight excluding hydrogens is 1060 g/mol. The number of nitrogens with one attached hydrogen (secondary N) is 1. The van der Waals surface area contributed by atoms with Crippen molar-refractivity contribution in [3.8, 4) is 0 Å². The molecule has 0 spiro atoms. The summed E-state index contributed by atoms with van der Waals surface area (Å²) >= 11 is 0. The summed E-state index contributed by atoms with van der Waals surface area (Å²) in [5.41, 5.74) is 0. The molecule has 17 unspecified atom stereocenters. The molecule has 17 atom stereocenters.